The maximum atomic E-state index is 10.9. The molecule has 0 saturated carbocycles. The van der Waals surface area contributed by atoms with Crippen LogP contribution in [-0.2, 0) is 0 Å². The first-order valence-corrected chi connectivity index (χ1v) is 4.01. The molecule has 0 unspecified atom stereocenters. The van der Waals surface area contributed by atoms with Crippen molar-refractivity contribution < 1.29 is 4.79 Å². The van der Waals surface area contributed by atoms with Crippen LogP contribution in [0, 0.1) is 0 Å². The Bertz CT molecular complexity index is 238. The number of hydrogen-bond acceptors (Lipinski definition) is 2. The molecule has 0 atom stereocenters. The highest BCUT2D eigenvalue weighted by atomic mass is 35.5. The van der Waals surface area contributed by atoms with Gasteiger partial charge >= 0.3 is 0 Å². The molecule has 0 aliphatic carbocycles. The van der Waals surface area contributed by atoms with Gasteiger partial charge in [0.2, 0.25) is 0 Å². The van der Waals surface area contributed by atoms with Crippen LogP contribution in [0.25, 0.3) is 0 Å². The largest absolute Gasteiger partial charge is 0.288 e. The van der Waals surface area contributed by atoms with Crippen LogP contribution in [0.15, 0.2) is 29.1 Å². The van der Waals surface area contributed by atoms with Gasteiger partial charge in [-0.3, -0.25) is 4.79 Å². The van der Waals surface area contributed by atoms with Gasteiger partial charge in [-0.15, -0.1) is 11.3 Å². The van der Waals surface area contributed by atoms with Crippen LogP contribution in [0.5, 0.6) is 0 Å². The van der Waals surface area contributed by atoms with Crippen LogP contribution in [0.4, 0.5) is 0 Å². The van der Waals surface area contributed by atoms with E-state index in [-0.39, 0.29) is 5.78 Å². The van der Waals surface area contributed by atoms with Crippen molar-refractivity contribution in [3.63, 3.8) is 0 Å². The van der Waals surface area contributed by atoms with Crippen molar-refractivity contribution in [2.45, 2.75) is 0 Å². The summed E-state index contributed by atoms with van der Waals surface area (Å²) in [5.74, 6) is -0.0370. The molecule has 0 saturated heterocycles. The van der Waals surface area contributed by atoms with Gasteiger partial charge in [0, 0.05) is 5.54 Å². The highest BCUT2D eigenvalue weighted by molar-refractivity contribution is 7.12. The van der Waals surface area contributed by atoms with E-state index in [4.69, 9.17) is 11.6 Å². The van der Waals surface area contributed by atoms with Gasteiger partial charge in [0.05, 0.1) is 4.88 Å². The molecule has 0 spiro atoms. The van der Waals surface area contributed by atoms with Gasteiger partial charge < -0.3 is 0 Å². The lowest BCUT2D eigenvalue weighted by Gasteiger charge is -1.83. The smallest absolute Gasteiger partial charge is 0.196 e. The normalized spacial score (nSPS) is 10.5. The molecule has 1 aromatic rings. The van der Waals surface area contributed by atoms with Crippen molar-refractivity contribution >= 4 is 28.7 Å². The molecule has 52 valence electrons. The summed E-state index contributed by atoms with van der Waals surface area (Å²) in [4.78, 5) is 11.7. The molecule has 0 N–H and O–H groups in total. The molecule has 3 heteroatoms. The fourth-order valence-corrected chi connectivity index (χ4v) is 1.32. The molecule has 0 aliphatic rings. The van der Waals surface area contributed by atoms with Crippen molar-refractivity contribution in [1.82, 2.24) is 0 Å². The third-order valence-corrected chi connectivity index (χ3v) is 1.99. The van der Waals surface area contributed by atoms with Crippen molar-refractivity contribution in [3.05, 3.63) is 34.0 Å². The van der Waals surface area contributed by atoms with Crippen LogP contribution in [0.1, 0.15) is 9.67 Å². The molecule has 1 heterocycles. The minimum atomic E-state index is -0.0370. The first-order valence-electron chi connectivity index (χ1n) is 2.69. The molecular weight excluding hydrogens is 168 g/mol. The Hall–Kier alpha value is -0.600. The summed E-state index contributed by atoms with van der Waals surface area (Å²) in [7, 11) is 0. The SMILES string of the molecule is O=C(C=CCl)c1cccs1. The van der Waals surface area contributed by atoms with Crippen LogP contribution in [-0.4, -0.2) is 5.78 Å². The number of halogens is 1. The number of thiophene rings is 1. The summed E-state index contributed by atoms with van der Waals surface area (Å²) >= 11 is 6.63. The molecule has 0 aliphatic heterocycles. The lowest BCUT2D eigenvalue weighted by Crippen LogP contribution is -1.86. The Morgan fingerprint density at radius 2 is 2.50 bits per heavy atom. The first-order chi connectivity index (χ1) is 4.84. The van der Waals surface area contributed by atoms with Gasteiger partial charge in [-0.1, -0.05) is 17.7 Å². The predicted octanol–water partition coefficient (Wildman–Crippen LogP) is 2.68. The lowest BCUT2D eigenvalue weighted by molar-refractivity contribution is 0.105. The van der Waals surface area contributed by atoms with E-state index in [9.17, 15) is 4.79 Å². The van der Waals surface area contributed by atoms with Gasteiger partial charge in [0.25, 0.3) is 0 Å². The molecule has 0 bridgehead atoms. The Kier molecular flexibility index (Phi) is 2.66. The van der Waals surface area contributed by atoms with Gasteiger partial charge in [-0.05, 0) is 17.5 Å². The number of carbonyl (C=O) groups is 1. The highest BCUT2D eigenvalue weighted by Gasteiger charge is 1.99. The predicted molar refractivity (Wildman–Crippen MR) is 43.6 cm³/mol. The molecular formula is C7H5ClOS. The average molecular weight is 173 g/mol. The van der Waals surface area contributed by atoms with E-state index in [0.717, 1.165) is 4.88 Å². The van der Waals surface area contributed by atoms with Crippen molar-refractivity contribution in [3.8, 4) is 0 Å². The van der Waals surface area contributed by atoms with Crippen molar-refractivity contribution in [2.24, 2.45) is 0 Å². The Morgan fingerprint density at radius 3 is 3.00 bits per heavy atom. The first kappa shape index (κ1) is 7.51. The summed E-state index contributed by atoms with van der Waals surface area (Å²) in [5.41, 5.74) is 1.22. The van der Waals surface area contributed by atoms with Gasteiger partial charge in [0.1, 0.15) is 0 Å². The molecule has 1 nitrogen and oxygen atoms in total. The van der Waals surface area contributed by atoms with Gasteiger partial charge in [0.15, 0.2) is 5.78 Å². The molecule has 0 fully saturated rings. The fourth-order valence-electron chi connectivity index (χ4n) is 0.558. The van der Waals surface area contributed by atoms with E-state index in [1.807, 2.05) is 11.4 Å². The number of allylic oxidation sites excluding steroid dienone is 1. The second kappa shape index (κ2) is 3.54. The zero-order valence-electron chi connectivity index (χ0n) is 5.08. The fraction of sp³-hybridized carbons (Fsp3) is 0. The minimum absolute atomic E-state index is 0.0370. The minimum Gasteiger partial charge on any atom is -0.288 e. The third kappa shape index (κ3) is 1.69. The van der Waals surface area contributed by atoms with Crippen molar-refractivity contribution in [1.29, 1.82) is 0 Å². The maximum absolute atomic E-state index is 10.9. The summed E-state index contributed by atoms with van der Waals surface area (Å²) in [6.45, 7) is 0. The number of rotatable bonds is 2. The van der Waals surface area contributed by atoms with Gasteiger partial charge in [-0.2, -0.15) is 0 Å². The quantitative estimate of drug-likeness (QED) is 0.495. The van der Waals surface area contributed by atoms with Crippen LogP contribution in [0.3, 0.4) is 0 Å². The second-order valence-corrected chi connectivity index (χ2v) is 2.83. The van der Waals surface area contributed by atoms with E-state index < -0.39 is 0 Å². The van der Waals surface area contributed by atoms with Crippen LogP contribution in [0.2, 0.25) is 0 Å². The van der Waals surface area contributed by atoms with Crippen LogP contribution < -0.4 is 0 Å². The second-order valence-electron chi connectivity index (χ2n) is 1.63. The molecule has 10 heavy (non-hydrogen) atoms. The Balaban J connectivity index is 2.78. The zero-order valence-corrected chi connectivity index (χ0v) is 6.65. The number of ketones is 1. The molecule has 0 amide bonds. The molecule has 1 aromatic heterocycles. The summed E-state index contributed by atoms with van der Waals surface area (Å²) < 4.78 is 0. The lowest BCUT2D eigenvalue weighted by atomic mass is 10.3. The number of carbonyl (C=O) groups excluding carboxylic acids is 1. The maximum Gasteiger partial charge on any atom is 0.196 e. The van der Waals surface area contributed by atoms with Crippen LogP contribution >= 0.6 is 22.9 Å². The zero-order chi connectivity index (χ0) is 7.40. The third-order valence-electron chi connectivity index (χ3n) is 0.978. The van der Waals surface area contributed by atoms with E-state index in [1.165, 1.54) is 22.9 Å². The van der Waals surface area contributed by atoms with E-state index >= 15 is 0 Å². The van der Waals surface area contributed by atoms with Crippen molar-refractivity contribution in [2.75, 3.05) is 0 Å². The summed E-state index contributed by atoms with van der Waals surface area (Å²) in [6, 6.07) is 3.60. The summed E-state index contributed by atoms with van der Waals surface area (Å²) in [6.07, 6.45) is 1.34. The van der Waals surface area contributed by atoms with Gasteiger partial charge in [-0.25, -0.2) is 0 Å². The molecule has 0 radical (unpaired) electrons. The molecule has 0 aromatic carbocycles. The van der Waals surface area contributed by atoms with E-state index in [1.54, 1.807) is 6.07 Å². The molecule has 1 rings (SSSR count). The Morgan fingerprint density at radius 1 is 1.70 bits per heavy atom. The highest BCUT2D eigenvalue weighted by Crippen LogP contribution is 2.09. The topological polar surface area (TPSA) is 17.1 Å². The summed E-state index contributed by atoms with van der Waals surface area (Å²) in [5, 5.41) is 1.86. The Labute approximate surface area is 67.9 Å². The van der Waals surface area contributed by atoms with E-state index in [2.05, 4.69) is 0 Å². The standard InChI is InChI=1S/C7H5ClOS/c8-4-3-6(9)7-2-1-5-10-7/h1-5H. The van der Waals surface area contributed by atoms with E-state index in [0.29, 0.717) is 0 Å². The number of hydrogen-bond donors (Lipinski definition) is 0. The monoisotopic (exact) mass is 172 g/mol. The average Bonchev–Trinajstić information content (AvgIpc) is 2.38.